The Hall–Kier alpha value is -1.22. The van der Waals surface area contributed by atoms with Crippen LogP contribution in [0.3, 0.4) is 0 Å². The van der Waals surface area contributed by atoms with Crippen molar-refractivity contribution in [3.63, 3.8) is 0 Å². The van der Waals surface area contributed by atoms with Gasteiger partial charge in [0.2, 0.25) is 0 Å². The summed E-state index contributed by atoms with van der Waals surface area (Å²) in [4.78, 5) is 0. The molecular formula is C12H20N2O. The summed E-state index contributed by atoms with van der Waals surface area (Å²) in [5.41, 5.74) is 7.64. The van der Waals surface area contributed by atoms with E-state index in [-0.39, 0.29) is 5.54 Å². The van der Waals surface area contributed by atoms with Crippen LogP contribution in [0.2, 0.25) is 0 Å². The number of anilines is 1. The van der Waals surface area contributed by atoms with Crippen LogP contribution in [0.5, 0.6) is 5.75 Å². The summed E-state index contributed by atoms with van der Waals surface area (Å²) in [6.45, 7) is 7.19. The average Bonchev–Trinajstić information content (AvgIpc) is 2.14. The third kappa shape index (κ3) is 3.80. The van der Waals surface area contributed by atoms with Crippen LogP contribution in [0.25, 0.3) is 0 Å². The predicted octanol–water partition coefficient (Wildman–Crippen LogP) is 2.17. The highest BCUT2D eigenvalue weighted by atomic mass is 16.5. The average molecular weight is 208 g/mol. The van der Waals surface area contributed by atoms with Crippen LogP contribution >= 0.6 is 0 Å². The second kappa shape index (κ2) is 4.53. The number of rotatable bonds is 3. The van der Waals surface area contributed by atoms with Crippen LogP contribution in [0.1, 0.15) is 26.3 Å². The normalized spacial score (nSPS) is 11.5. The molecule has 3 nitrogen and oxygen atoms in total. The van der Waals surface area contributed by atoms with Gasteiger partial charge < -0.3 is 15.8 Å². The Bertz CT molecular complexity index is 329. The van der Waals surface area contributed by atoms with Gasteiger partial charge in [-0.3, -0.25) is 0 Å². The van der Waals surface area contributed by atoms with E-state index in [2.05, 4.69) is 26.1 Å². The van der Waals surface area contributed by atoms with Crippen molar-refractivity contribution in [2.75, 3.05) is 12.8 Å². The fraction of sp³-hybridized carbons (Fsp3) is 0.500. The zero-order chi connectivity index (χ0) is 11.5. The van der Waals surface area contributed by atoms with Crippen LogP contribution in [0.4, 0.5) is 5.69 Å². The zero-order valence-corrected chi connectivity index (χ0v) is 9.92. The highest BCUT2D eigenvalue weighted by Gasteiger charge is 2.10. The lowest BCUT2D eigenvalue weighted by atomic mass is 10.1. The lowest BCUT2D eigenvalue weighted by Crippen LogP contribution is -2.35. The van der Waals surface area contributed by atoms with Gasteiger partial charge in [0, 0.05) is 29.4 Å². The highest BCUT2D eigenvalue weighted by molar-refractivity contribution is 5.48. The Morgan fingerprint density at radius 1 is 1.33 bits per heavy atom. The molecule has 3 heteroatoms. The Morgan fingerprint density at radius 3 is 2.53 bits per heavy atom. The molecule has 3 N–H and O–H groups in total. The van der Waals surface area contributed by atoms with Crippen molar-refractivity contribution in [1.29, 1.82) is 0 Å². The molecular weight excluding hydrogens is 188 g/mol. The van der Waals surface area contributed by atoms with Crippen molar-refractivity contribution in [3.8, 4) is 5.75 Å². The molecule has 0 saturated carbocycles. The molecule has 0 aliphatic rings. The molecule has 0 saturated heterocycles. The van der Waals surface area contributed by atoms with Gasteiger partial charge in [0.25, 0.3) is 0 Å². The van der Waals surface area contributed by atoms with E-state index in [9.17, 15) is 0 Å². The lowest BCUT2D eigenvalue weighted by molar-refractivity contribution is 0.392. The Morgan fingerprint density at radius 2 is 2.00 bits per heavy atom. The van der Waals surface area contributed by atoms with E-state index in [0.29, 0.717) is 0 Å². The van der Waals surface area contributed by atoms with Crippen molar-refractivity contribution in [1.82, 2.24) is 5.32 Å². The number of methoxy groups -OCH3 is 1. The number of nitrogens with two attached hydrogens (primary N) is 1. The number of ether oxygens (including phenoxy) is 1. The van der Waals surface area contributed by atoms with Gasteiger partial charge in [-0.25, -0.2) is 0 Å². The van der Waals surface area contributed by atoms with Gasteiger partial charge >= 0.3 is 0 Å². The first-order valence-electron chi connectivity index (χ1n) is 5.10. The van der Waals surface area contributed by atoms with Crippen LogP contribution < -0.4 is 15.8 Å². The molecule has 0 aliphatic carbocycles. The molecule has 0 radical (unpaired) electrons. The first-order chi connectivity index (χ1) is 6.92. The summed E-state index contributed by atoms with van der Waals surface area (Å²) in [7, 11) is 1.66. The van der Waals surface area contributed by atoms with Gasteiger partial charge in [0.1, 0.15) is 5.75 Å². The van der Waals surface area contributed by atoms with Gasteiger partial charge in [0.05, 0.1) is 7.11 Å². The second-order valence-corrected chi connectivity index (χ2v) is 4.67. The third-order valence-corrected chi connectivity index (χ3v) is 2.12. The van der Waals surface area contributed by atoms with Gasteiger partial charge in [-0.15, -0.1) is 0 Å². The number of hydrogen-bond donors (Lipinski definition) is 2. The molecule has 0 aliphatic heterocycles. The first-order valence-corrected chi connectivity index (χ1v) is 5.10. The number of hydrogen-bond acceptors (Lipinski definition) is 3. The maximum absolute atomic E-state index is 5.68. The lowest BCUT2D eigenvalue weighted by Gasteiger charge is -2.21. The van der Waals surface area contributed by atoms with Crippen LogP contribution in [-0.4, -0.2) is 12.6 Å². The quantitative estimate of drug-likeness (QED) is 0.748. The molecule has 0 unspecified atom stereocenters. The van der Waals surface area contributed by atoms with E-state index in [1.807, 2.05) is 18.2 Å². The molecule has 1 aromatic carbocycles. The molecule has 0 atom stereocenters. The minimum absolute atomic E-state index is 0.104. The van der Waals surface area contributed by atoms with Crippen molar-refractivity contribution in [2.24, 2.45) is 0 Å². The Labute approximate surface area is 91.6 Å². The van der Waals surface area contributed by atoms with E-state index >= 15 is 0 Å². The molecule has 15 heavy (non-hydrogen) atoms. The zero-order valence-electron chi connectivity index (χ0n) is 9.92. The largest absolute Gasteiger partial charge is 0.496 e. The Kier molecular flexibility index (Phi) is 3.58. The van der Waals surface area contributed by atoms with Crippen molar-refractivity contribution >= 4 is 5.69 Å². The maximum atomic E-state index is 5.68. The van der Waals surface area contributed by atoms with Crippen LogP contribution in [0, 0.1) is 0 Å². The predicted molar refractivity (Wildman–Crippen MR) is 64.0 cm³/mol. The molecule has 0 amide bonds. The highest BCUT2D eigenvalue weighted by Crippen LogP contribution is 2.21. The van der Waals surface area contributed by atoms with E-state index in [1.54, 1.807) is 7.11 Å². The van der Waals surface area contributed by atoms with Crippen LogP contribution in [0.15, 0.2) is 18.2 Å². The summed E-state index contributed by atoms with van der Waals surface area (Å²) >= 11 is 0. The smallest absolute Gasteiger partial charge is 0.125 e. The topological polar surface area (TPSA) is 47.3 Å². The van der Waals surface area contributed by atoms with Gasteiger partial charge in [0.15, 0.2) is 0 Å². The SMILES string of the molecule is COc1cc(N)ccc1CNC(C)(C)C. The molecule has 0 bridgehead atoms. The second-order valence-electron chi connectivity index (χ2n) is 4.67. The maximum Gasteiger partial charge on any atom is 0.125 e. The molecule has 84 valence electrons. The van der Waals surface area contributed by atoms with Gasteiger partial charge in [-0.2, -0.15) is 0 Å². The summed E-state index contributed by atoms with van der Waals surface area (Å²) < 4.78 is 5.27. The van der Waals surface area contributed by atoms with Crippen molar-refractivity contribution in [2.45, 2.75) is 32.9 Å². The van der Waals surface area contributed by atoms with Crippen molar-refractivity contribution in [3.05, 3.63) is 23.8 Å². The molecule has 0 aromatic heterocycles. The minimum atomic E-state index is 0.104. The molecule has 0 fully saturated rings. The van der Waals surface area contributed by atoms with Gasteiger partial charge in [-0.1, -0.05) is 6.07 Å². The Balaban J connectivity index is 2.76. The number of nitrogen functional groups attached to an aromatic ring is 1. The van der Waals surface area contributed by atoms with E-state index < -0.39 is 0 Å². The fourth-order valence-corrected chi connectivity index (χ4v) is 1.27. The van der Waals surface area contributed by atoms with Crippen molar-refractivity contribution < 1.29 is 4.74 Å². The fourth-order valence-electron chi connectivity index (χ4n) is 1.27. The van der Waals surface area contributed by atoms with E-state index in [1.165, 1.54) is 0 Å². The summed E-state index contributed by atoms with van der Waals surface area (Å²) in [6, 6.07) is 5.73. The van der Waals surface area contributed by atoms with E-state index in [4.69, 9.17) is 10.5 Å². The van der Waals surface area contributed by atoms with Gasteiger partial charge in [-0.05, 0) is 26.8 Å². The number of nitrogens with one attached hydrogen (secondary N) is 1. The third-order valence-electron chi connectivity index (χ3n) is 2.12. The summed E-state index contributed by atoms with van der Waals surface area (Å²) in [6.07, 6.45) is 0. The van der Waals surface area contributed by atoms with E-state index in [0.717, 1.165) is 23.5 Å². The first kappa shape index (κ1) is 11.9. The molecule has 1 aromatic rings. The number of benzene rings is 1. The summed E-state index contributed by atoms with van der Waals surface area (Å²) in [5, 5.41) is 3.41. The molecule has 0 heterocycles. The van der Waals surface area contributed by atoms with Crippen LogP contribution in [-0.2, 0) is 6.54 Å². The monoisotopic (exact) mass is 208 g/mol. The standard InChI is InChI=1S/C12H20N2O/c1-12(2,3)14-8-9-5-6-10(13)7-11(9)15-4/h5-7,14H,8,13H2,1-4H3. The molecule has 0 spiro atoms. The molecule has 1 rings (SSSR count). The minimum Gasteiger partial charge on any atom is -0.496 e. The summed E-state index contributed by atoms with van der Waals surface area (Å²) in [5.74, 6) is 0.840.